The second-order valence-corrected chi connectivity index (χ2v) is 14.1. The van der Waals surface area contributed by atoms with Crippen LogP contribution in [0.15, 0.2) is 84.9 Å². The summed E-state index contributed by atoms with van der Waals surface area (Å²) in [5.41, 5.74) is 25.8. The van der Waals surface area contributed by atoms with Gasteiger partial charge in [-0.3, -0.25) is 0 Å². The Labute approximate surface area is 307 Å². The third-order valence-corrected chi connectivity index (χ3v) is 9.38. The number of hydrogen-bond acceptors (Lipinski definition) is 0. The first-order valence-electron chi connectivity index (χ1n) is 17.1. The van der Waals surface area contributed by atoms with Crippen molar-refractivity contribution < 1.29 is 17.1 Å². The van der Waals surface area contributed by atoms with E-state index in [1.165, 1.54) is 111 Å². The number of benzene rings is 6. The molecule has 0 fully saturated rings. The van der Waals surface area contributed by atoms with Crippen molar-refractivity contribution in [1.82, 2.24) is 0 Å². The maximum Gasteiger partial charge on any atom is 2.00 e. The third kappa shape index (κ3) is 8.36. The monoisotopic (exact) mass is 682 g/mol. The standard InChI is InChI=1S/2C24H25.Fe/c2*1-15-10-17(3)23(18(4)11-15)21-8-7-9-22(14-21)24-19(5)12-16(2)13-20(24)6;/h2*7-13H,1-6H3;/q2*-1;+2. The molecule has 0 amide bonds. The molecule has 0 saturated carbocycles. The second kappa shape index (κ2) is 15.6. The van der Waals surface area contributed by atoms with Gasteiger partial charge in [0.25, 0.3) is 0 Å². The normalized spacial score (nSPS) is 10.7. The minimum Gasteiger partial charge on any atom is -0.129 e. The zero-order chi connectivity index (χ0) is 34.9. The zero-order valence-electron chi connectivity index (χ0n) is 31.4. The third-order valence-electron chi connectivity index (χ3n) is 9.38. The molecule has 49 heavy (non-hydrogen) atoms. The van der Waals surface area contributed by atoms with Crippen LogP contribution in [0.2, 0.25) is 0 Å². The summed E-state index contributed by atoms with van der Waals surface area (Å²) in [6.45, 7) is 26.2. The van der Waals surface area contributed by atoms with Crippen molar-refractivity contribution >= 4 is 0 Å². The van der Waals surface area contributed by atoms with Gasteiger partial charge in [0, 0.05) is 0 Å². The van der Waals surface area contributed by atoms with E-state index in [9.17, 15) is 0 Å². The van der Waals surface area contributed by atoms with E-state index in [4.69, 9.17) is 0 Å². The van der Waals surface area contributed by atoms with Gasteiger partial charge in [-0.2, -0.15) is 0 Å². The van der Waals surface area contributed by atoms with Crippen LogP contribution < -0.4 is 0 Å². The molecular formula is C48H50Fe. The molecule has 0 aliphatic carbocycles. The summed E-state index contributed by atoms with van der Waals surface area (Å²) in [5.74, 6) is 0. The molecule has 0 radical (unpaired) electrons. The van der Waals surface area contributed by atoms with E-state index in [1.54, 1.807) is 0 Å². The number of aryl methyl sites for hydroxylation is 12. The van der Waals surface area contributed by atoms with Crippen LogP contribution in [-0.2, 0) is 17.1 Å². The van der Waals surface area contributed by atoms with Crippen LogP contribution in [0.1, 0.15) is 66.8 Å². The summed E-state index contributed by atoms with van der Waals surface area (Å²) in [4.78, 5) is 0. The summed E-state index contributed by atoms with van der Waals surface area (Å²) in [5, 5.41) is 0. The quantitative estimate of drug-likeness (QED) is 0.128. The Bertz CT molecular complexity index is 1750. The fourth-order valence-corrected chi connectivity index (χ4v) is 7.94. The SMILES string of the molecule is Cc1cc(C)c(-c2[c-]c(-c3c(C)cc(C)cc3C)ccc2)c(C)c1.Cc1cc(C)c(-c2[c-]c(-c3c(C)cc(C)cc3C)ccc2)c(C)c1.[Fe+2]. The van der Waals surface area contributed by atoms with Gasteiger partial charge in [-0.15, -0.1) is 70.8 Å². The van der Waals surface area contributed by atoms with Gasteiger partial charge in [0.1, 0.15) is 0 Å². The van der Waals surface area contributed by atoms with E-state index in [1.807, 2.05) is 0 Å². The molecule has 1 heteroatoms. The van der Waals surface area contributed by atoms with Gasteiger partial charge < -0.3 is 0 Å². The van der Waals surface area contributed by atoms with Crippen molar-refractivity contribution in [3.63, 3.8) is 0 Å². The molecule has 0 atom stereocenters. The molecule has 0 spiro atoms. The van der Waals surface area contributed by atoms with Crippen LogP contribution in [0.4, 0.5) is 0 Å². The van der Waals surface area contributed by atoms with E-state index < -0.39 is 0 Å². The number of hydrogen-bond donors (Lipinski definition) is 0. The first kappa shape index (κ1) is 37.7. The van der Waals surface area contributed by atoms with Gasteiger partial charge >= 0.3 is 17.1 Å². The molecule has 6 aromatic rings. The minimum absolute atomic E-state index is 0. The minimum atomic E-state index is 0. The average Bonchev–Trinajstić information content (AvgIpc) is 2.96. The summed E-state index contributed by atoms with van der Waals surface area (Å²) in [6.07, 6.45) is 0. The van der Waals surface area contributed by atoms with Crippen molar-refractivity contribution in [3.8, 4) is 44.5 Å². The first-order chi connectivity index (χ1) is 22.7. The maximum atomic E-state index is 3.68. The predicted octanol–water partition coefficient (Wildman–Crippen LogP) is 13.3. The maximum absolute atomic E-state index is 3.68. The summed E-state index contributed by atoms with van der Waals surface area (Å²) < 4.78 is 0. The summed E-state index contributed by atoms with van der Waals surface area (Å²) in [6, 6.07) is 38.4. The van der Waals surface area contributed by atoms with Gasteiger partial charge in [0.2, 0.25) is 0 Å². The predicted molar refractivity (Wildman–Crippen MR) is 209 cm³/mol. The van der Waals surface area contributed by atoms with Crippen LogP contribution in [0.5, 0.6) is 0 Å². The van der Waals surface area contributed by atoms with E-state index >= 15 is 0 Å². The average molecular weight is 683 g/mol. The largest absolute Gasteiger partial charge is 2.00 e. The molecule has 0 aromatic heterocycles. The summed E-state index contributed by atoms with van der Waals surface area (Å²) in [7, 11) is 0. The molecule has 250 valence electrons. The Morgan fingerprint density at radius 2 is 0.449 bits per heavy atom. The molecule has 0 saturated heterocycles. The van der Waals surface area contributed by atoms with Crippen LogP contribution in [-0.4, -0.2) is 0 Å². The molecule has 6 rings (SSSR count). The van der Waals surface area contributed by atoms with E-state index in [0.717, 1.165) is 0 Å². The van der Waals surface area contributed by atoms with Gasteiger partial charge in [0.15, 0.2) is 0 Å². The molecule has 0 aliphatic rings. The smallest absolute Gasteiger partial charge is 0.129 e. The van der Waals surface area contributed by atoms with Crippen LogP contribution in [0.25, 0.3) is 44.5 Å². The van der Waals surface area contributed by atoms with Gasteiger partial charge in [-0.25, -0.2) is 0 Å². The van der Waals surface area contributed by atoms with Crippen molar-refractivity contribution in [2.75, 3.05) is 0 Å². The van der Waals surface area contributed by atoms with E-state index in [2.05, 4.69) is 180 Å². The fourth-order valence-electron chi connectivity index (χ4n) is 7.94. The van der Waals surface area contributed by atoms with Crippen molar-refractivity contribution in [2.45, 2.75) is 83.1 Å². The molecule has 0 N–H and O–H groups in total. The van der Waals surface area contributed by atoms with Gasteiger partial charge in [-0.1, -0.05) is 138 Å². The Morgan fingerprint density at radius 1 is 0.286 bits per heavy atom. The Balaban J connectivity index is 0.000000216. The van der Waals surface area contributed by atoms with E-state index in [0.29, 0.717) is 0 Å². The van der Waals surface area contributed by atoms with Gasteiger partial charge in [0.05, 0.1) is 0 Å². The topological polar surface area (TPSA) is 0 Å². The van der Waals surface area contributed by atoms with Gasteiger partial charge in [-0.05, 0) is 83.1 Å². The number of rotatable bonds is 4. The summed E-state index contributed by atoms with van der Waals surface area (Å²) >= 11 is 0. The Morgan fingerprint density at radius 3 is 0.612 bits per heavy atom. The van der Waals surface area contributed by atoms with Crippen LogP contribution >= 0.6 is 0 Å². The molecule has 0 aliphatic heterocycles. The zero-order valence-corrected chi connectivity index (χ0v) is 32.5. The molecule has 0 unspecified atom stereocenters. The van der Waals surface area contributed by atoms with Crippen LogP contribution in [0.3, 0.4) is 0 Å². The molecule has 6 aromatic carbocycles. The first-order valence-corrected chi connectivity index (χ1v) is 17.1. The Kier molecular flexibility index (Phi) is 12.0. The van der Waals surface area contributed by atoms with E-state index in [-0.39, 0.29) is 17.1 Å². The van der Waals surface area contributed by atoms with Crippen molar-refractivity contribution in [3.05, 3.63) is 164 Å². The van der Waals surface area contributed by atoms with Crippen molar-refractivity contribution in [2.24, 2.45) is 0 Å². The molecule has 0 nitrogen and oxygen atoms in total. The fraction of sp³-hybridized carbons (Fsp3) is 0.250. The molecular weight excluding hydrogens is 632 g/mol. The molecule has 0 bridgehead atoms. The second-order valence-electron chi connectivity index (χ2n) is 14.1. The molecule has 0 heterocycles. The van der Waals surface area contributed by atoms with Crippen molar-refractivity contribution in [1.29, 1.82) is 0 Å². The van der Waals surface area contributed by atoms with Crippen LogP contribution in [0, 0.1) is 95.2 Å². The Hall–Kier alpha value is -4.16.